The number of benzene rings is 1. The van der Waals surface area contributed by atoms with Crippen molar-refractivity contribution < 1.29 is 13.6 Å². The average molecular weight is 338 g/mol. The van der Waals surface area contributed by atoms with E-state index in [1.54, 1.807) is 14.2 Å². The second-order valence-corrected chi connectivity index (χ2v) is 9.98. The number of hydrogen-bond acceptors (Lipinski definition) is 4. The van der Waals surface area contributed by atoms with Crippen LogP contribution in [-0.2, 0) is 20.1 Å². The van der Waals surface area contributed by atoms with Crippen molar-refractivity contribution in [2.75, 3.05) is 21.3 Å². The van der Waals surface area contributed by atoms with Crippen LogP contribution in [0.2, 0.25) is 6.04 Å². The predicted octanol–water partition coefficient (Wildman–Crippen LogP) is 3.40. The lowest BCUT2D eigenvalue weighted by Gasteiger charge is -2.52. The standard InChI is InChI=1S/C18H31NO3Si/c1-5-13-18(20-2)17(12-9-14-23(18,21-3)22-4)19-15-16-10-7-6-8-11-16/h6-8,10-11,17,19H,5,9,12-15H2,1-4H3. The molecule has 1 fully saturated rings. The first-order chi connectivity index (χ1) is 11.2. The average Bonchev–Trinajstić information content (AvgIpc) is 2.61. The molecule has 1 N–H and O–H groups in total. The van der Waals surface area contributed by atoms with E-state index < -0.39 is 8.56 Å². The van der Waals surface area contributed by atoms with Crippen molar-refractivity contribution in [1.29, 1.82) is 0 Å². The zero-order chi connectivity index (χ0) is 16.8. The van der Waals surface area contributed by atoms with Crippen molar-refractivity contribution in [3.63, 3.8) is 0 Å². The minimum Gasteiger partial charge on any atom is -0.396 e. The molecule has 0 bridgehead atoms. The molecule has 0 aliphatic carbocycles. The molecule has 0 aromatic heterocycles. The second kappa shape index (κ2) is 8.40. The van der Waals surface area contributed by atoms with Gasteiger partial charge in [0.15, 0.2) is 0 Å². The van der Waals surface area contributed by atoms with E-state index in [9.17, 15) is 0 Å². The van der Waals surface area contributed by atoms with Gasteiger partial charge >= 0.3 is 8.56 Å². The molecule has 4 nitrogen and oxygen atoms in total. The van der Waals surface area contributed by atoms with Crippen LogP contribution in [0.4, 0.5) is 0 Å². The summed E-state index contributed by atoms with van der Waals surface area (Å²) in [4.78, 5) is 0. The first kappa shape index (κ1) is 18.6. The number of rotatable bonds is 8. The normalized spacial score (nSPS) is 27.0. The Morgan fingerprint density at radius 1 is 1.17 bits per heavy atom. The van der Waals surface area contributed by atoms with Crippen molar-refractivity contribution in [2.24, 2.45) is 0 Å². The third-order valence-electron chi connectivity index (χ3n) is 5.25. The lowest BCUT2D eigenvalue weighted by molar-refractivity contribution is -0.0377. The number of nitrogens with one attached hydrogen (secondary N) is 1. The zero-order valence-corrected chi connectivity index (χ0v) is 15.9. The van der Waals surface area contributed by atoms with Crippen LogP contribution in [0.15, 0.2) is 30.3 Å². The molecule has 1 heterocycles. The Balaban J connectivity index is 2.24. The molecule has 1 saturated heterocycles. The van der Waals surface area contributed by atoms with E-state index in [0.717, 1.165) is 38.3 Å². The number of methoxy groups -OCH3 is 1. The maximum atomic E-state index is 6.17. The summed E-state index contributed by atoms with van der Waals surface area (Å²) in [6.45, 7) is 3.05. The molecule has 2 unspecified atom stereocenters. The van der Waals surface area contributed by atoms with Crippen molar-refractivity contribution in [2.45, 2.75) is 56.5 Å². The molecule has 1 aromatic rings. The summed E-state index contributed by atoms with van der Waals surface area (Å²) < 4.78 is 18.2. The van der Waals surface area contributed by atoms with Crippen LogP contribution in [0.1, 0.15) is 38.2 Å². The summed E-state index contributed by atoms with van der Waals surface area (Å²) in [5.74, 6) is 0. The van der Waals surface area contributed by atoms with Gasteiger partial charge in [0.2, 0.25) is 0 Å². The van der Waals surface area contributed by atoms with Gasteiger partial charge in [0, 0.05) is 33.9 Å². The van der Waals surface area contributed by atoms with Crippen LogP contribution in [-0.4, -0.2) is 41.2 Å². The van der Waals surface area contributed by atoms with Crippen molar-refractivity contribution in [1.82, 2.24) is 5.32 Å². The highest BCUT2D eigenvalue weighted by Crippen LogP contribution is 2.43. The molecule has 0 spiro atoms. The number of hydrogen-bond donors (Lipinski definition) is 1. The molecule has 1 aliphatic rings. The smallest absolute Gasteiger partial charge is 0.372 e. The van der Waals surface area contributed by atoms with Crippen molar-refractivity contribution in [3.8, 4) is 0 Å². The third kappa shape index (κ3) is 3.54. The van der Waals surface area contributed by atoms with Gasteiger partial charge in [-0.25, -0.2) is 0 Å². The van der Waals surface area contributed by atoms with E-state index in [2.05, 4.69) is 42.6 Å². The quantitative estimate of drug-likeness (QED) is 0.738. The molecule has 0 radical (unpaired) electrons. The molecule has 130 valence electrons. The lowest BCUT2D eigenvalue weighted by atomic mass is 9.99. The van der Waals surface area contributed by atoms with Gasteiger partial charge in [-0.3, -0.25) is 0 Å². The van der Waals surface area contributed by atoms with E-state index in [1.165, 1.54) is 5.56 Å². The Kier molecular flexibility index (Phi) is 6.80. The monoisotopic (exact) mass is 337 g/mol. The van der Waals surface area contributed by atoms with Gasteiger partial charge in [0.05, 0.1) is 0 Å². The summed E-state index contributed by atoms with van der Waals surface area (Å²) in [6, 6.07) is 11.8. The first-order valence-electron chi connectivity index (χ1n) is 8.60. The SMILES string of the molecule is CCCC1(OC)C(NCc2ccccc2)CCC[Si]1(OC)OC. The van der Waals surface area contributed by atoms with E-state index in [0.29, 0.717) is 0 Å². The predicted molar refractivity (Wildman–Crippen MR) is 95.5 cm³/mol. The minimum absolute atomic E-state index is 0.257. The van der Waals surface area contributed by atoms with Crippen LogP contribution in [0, 0.1) is 0 Å². The molecule has 0 saturated carbocycles. The fraction of sp³-hybridized carbons (Fsp3) is 0.667. The van der Waals surface area contributed by atoms with Gasteiger partial charge in [-0.15, -0.1) is 0 Å². The highest BCUT2D eigenvalue weighted by atomic mass is 28.4. The fourth-order valence-corrected chi connectivity index (χ4v) is 8.20. The maximum absolute atomic E-state index is 6.17. The lowest BCUT2D eigenvalue weighted by Crippen LogP contribution is -2.73. The molecule has 2 atom stereocenters. The van der Waals surface area contributed by atoms with Crippen LogP contribution >= 0.6 is 0 Å². The van der Waals surface area contributed by atoms with Crippen LogP contribution in [0.3, 0.4) is 0 Å². The van der Waals surface area contributed by atoms with Crippen molar-refractivity contribution in [3.05, 3.63) is 35.9 Å². The number of ether oxygens (including phenoxy) is 1. The van der Waals surface area contributed by atoms with E-state index in [4.69, 9.17) is 13.6 Å². The Bertz CT molecular complexity index is 467. The van der Waals surface area contributed by atoms with E-state index in [1.807, 2.05) is 7.11 Å². The van der Waals surface area contributed by atoms with Crippen LogP contribution in [0.5, 0.6) is 0 Å². The molecular formula is C18H31NO3Si. The molecule has 5 heteroatoms. The molecule has 1 aliphatic heterocycles. The molecule has 23 heavy (non-hydrogen) atoms. The molecule has 0 amide bonds. The van der Waals surface area contributed by atoms with Crippen LogP contribution in [0.25, 0.3) is 0 Å². The Labute approximate surface area is 141 Å². The maximum Gasteiger partial charge on any atom is 0.372 e. The summed E-state index contributed by atoms with van der Waals surface area (Å²) >= 11 is 0. The Morgan fingerprint density at radius 2 is 1.87 bits per heavy atom. The van der Waals surface area contributed by atoms with E-state index >= 15 is 0 Å². The van der Waals surface area contributed by atoms with Gasteiger partial charge in [-0.05, 0) is 30.9 Å². The summed E-state index contributed by atoms with van der Waals surface area (Å²) in [6.07, 6.45) is 4.24. The molecule has 2 rings (SSSR count). The molecular weight excluding hydrogens is 306 g/mol. The van der Waals surface area contributed by atoms with Gasteiger partial charge in [-0.2, -0.15) is 0 Å². The van der Waals surface area contributed by atoms with Gasteiger partial charge in [0.25, 0.3) is 0 Å². The largest absolute Gasteiger partial charge is 0.396 e. The second-order valence-electron chi connectivity index (χ2n) is 6.32. The van der Waals surface area contributed by atoms with E-state index in [-0.39, 0.29) is 11.3 Å². The fourth-order valence-electron chi connectivity index (χ4n) is 4.12. The Morgan fingerprint density at radius 3 is 2.43 bits per heavy atom. The van der Waals surface area contributed by atoms with Crippen LogP contribution < -0.4 is 5.32 Å². The summed E-state index contributed by atoms with van der Waals surface area (Å²) in [5, 5.41) is 3.40. The topological polar surface area (TPSA) is 39.7 Å². The molecule has 1 aromatic carbocycles. The van der Waals surface area contributed by atoms with Gasteiger partial charge in [0.1, 0.15) is 5.22 Å². The van der Waals surface area contributed by atoms with Crippen molar-refractivity contribution >= 4 is 8.56 Å². The Hall–Kier alpha value is -0.723. The highest BCUT2D eigenvalue weighted by molar-refractivity contribution is 6.71. The van der Waals surface area contributed by atoms with Gasteiger partial charge < -0.3 is 18.9 Å². The van der Waals surface area contributed by atoms with Gasteiger partial charge in [-0.1, -0.05) is 43.7 Å². The minimum atomic E-state index is -2.42. The summed E-state index contributed by atoms with van der Waals surface area (Å²) in [5.41, 5.74) is 1.29. The zero-order valence-electron chi connectivity index (χ0n) is 14.9. The first-order valence-corrected chi connectivity index (χ1v) is 10.6. The summed E-state index contributed by atoms with van der Waals surface area (Å²) in [7, 11) is 2.98. The highest BCUT2D eigenvalue weighted by Gasteiger charge is 2.62. The third-order valence-corrected chi connectivity index (χ3v) is 9.67.